The highest BCUT2D eigenvalue weighted by Crippen LogP contribution is 2.21. The molecule has 0 amide bonds. The number of nitriles is 1. The molecule has 5 nitrogen and oxygen atoms in total. The number of imidazole rings is 1. The number of fused-ring (bicyclic) bond motifs is 1. The summed E-state index contributed by atoms with van der Waals surface area (Å²) in [4.78, 5) is 8.55. The zero-order chi connectivity index (χ0) is 13.2. The number of anilines is 1. The molecule has 0 saturated heterocycles. The molecule has 0 fully saturated rings. The summed E-state index contributed by atoms with van der Waals surface area (Å²) in [5.41, 5.74) is 8.86. The Balaban J connectivity index is 2.15. The number of rotatable bonds is 2. The van der Waals surface area contributed by atoms with Crippen LogP contribution in [-0.4, -0.2) is 14.5 Å². The third kappa shape index (κ3) is 1.89. The second-order valence-electron chi connectivity index (χ2n) is 4.16. The van der Waals surface area contributed by atoms with Crippen LogP contribution in [0.2, 0.25) is 0 Å². The highest BCUT2D eigenvalue weighted by molar-refractivity contribution is 5.84. The molecule has 0 spiro atoms. The zero-order valence-corrected chi connectivity index (χ0v) is 10.1. The fourth-order valence-corrected chi connectivity index (χ4v) is 2.07. The van der Waals surface area contributed by atoms with Gasteiger partial charge in [0.25, 0.3) is 0 Å². The van der Waals surface area contributed by atoms with E-state index in [-0.39, 0.29) is 0 Å². The summed E-state index contributed by atoms with van der Waals surface area (Å²) in [5, 5.41) is 9.07. The molecule has 2 heterocycles. The average molecular weight is 249 g/mol. The molecule has 0 aliphatic heterocycles. The molecular weight excluding hydrogens is 238 g/mol. The number of pyridine rings is 1. The minimum atomic E-state index is 0.392. The first kappa shape index (κ1) is 11.2. The van der Waals surface area contributed by atoms with Crippen molar-refractivity contribution < 1.29 is 0 Å². The maximum atomic E-state index is 9.07. The quantitative estimate of drug-likeness (QED) is 0.752. The first-order valence-electron chi connectivity index (χ1n) is 5.84. The van der Waals surface area contributed by atoms with Crippen LogP contribution in [-0.2, 0) is 6.54 Å². The van der Waals surface area contributed by atoms with E-state index in [4.69, 9.17) is 11.0 Å². The summed E-state index contributed by atoms with van der Waals surface area (Å²) >= 11 is 0. The molecule has 0 unspecified atom stereocenters. The molecule has 0 bridgehead atoms. The van der Waals surface area contributed by atoms with Crippen LogP contribution >= 0.6 is 0 Å². The minimum Gasteiger partial charge on any atom is -0.369 e. The maximum Gasteiger partial charge on any atom is 0.201 e. The van der Waals surface area contributed by atoms with Crippen molar-refractivity contribution in [1.82, 2.24) is 14.5 Å². The van der Waals surface area contributed by atoms with E-state index in [1.807, 2.05) is 34.9 Å². The Kier molecular flexibility index (Phi) is 2.62. The topological polar surface area (TPSA) is 80.5 Å². The van der Waals surface area contributed by atoms with E-state index in [2.05, 4.69) is 16.0 Å². The van der Waals surface area contributed by atoms with Gasteiger partial charge in [0.1, 0.15) is 11.6 Å². The van der Waals surface area contributed by atoms with Crippen molar-refractivity contribution in [2.75, 3.05) is 5.73 Å². The largest absolute Gasteiger partial charge is 0.369 e. The van der Waals surface area contributed by atoms with Crippen molar-refractivity contribution in [2.45, 2.75) is 6.54 Å². The molecule has 3 rings (SSSR count). The molecule has 5 heteroatoms. The van der Waals surface area contributed by atoms with Gasteiger partial charge in [-0.15, -0.1) is 0 Å². The highest BCUT2D eigenvalue weighted by Gasteiger charge is 2.11. The monoisotopic (exact) mass is 249 g/mol. The number of hydrogen-bond acceptors (Lipinski definition) is 4. The van der Waals surface area contributed by atoms with Crippen molar-refractivity contribution in [2.24, 2.45) is 0 Å². The average Bonchev–Trinajstić information content (AvgIpc) is 2.76. The summed E-state index contributed by atoms with van der Waals surface area (Å²) in [7, 11) is 0. The third-order valence-electron chi connectivity index (χ3n) is 2.98. The van der Waals surface area contributed by atoms with E-state index >= 15 is 0 Å². The van der Waals surface area contributed by atoms with E-state index < -0.39 is 0 Å². The summed E-state index contributed by atoms with van der Waals surface area (Å²) in [6.45, 7) is 0.540. The summed E-state index contributed by atoms with van der Waals surface area (Å²) in [6, 6.07) is 13.3. The first-order chi connectivity index (χ1) is 9.29. The summed E-state index contributed by atoms with van der Waals surface area (Å²) in [6.07, 6.45) is 1.74. The van der Waals surface area contributed by atoms with Crippen LogP contribution in [0.5, 0.6) is 0 Å². The Hall–Kier alpha value is -2.87. The van der Waals surface area contributed by atoms with Crippen LogP contribution in [0.25, 0.3) is 11.0 Å². The number of hydrogen-bond donors (Lipinski definition) is 1. The Bertz CT molecular complexity index is 768. The first-order valence-corrected chi connectivity index (χ1v) is 5.84. The van der Waals surface area contributed by atoms with Gasteiger partial charge < -0.3 is 10.3 Å². The number of aromatic nitrogens is 3. The van der Waals surface area contributed by atoms with E-state index in [1.54, 1.807) is 12.3 Å². The molecule has 0 radical (unpaired) electrons. The molecule has 3 aromatic rings. The van der Waals surface area contributed by atoms with Crippen LogP contribution in [0.4, 0.5) is 5.95 Å². The Labute approximate surface area is 109 Å². The predicted octanol–water partition coefficient (Wildman–Crippen LogP) is 1.93. The normalized spacial score (nSPS) is 10.5. The second kappa shape index (κ2) is 4.42. The number of benzene rings is 1. The molecule has 1 aromatic carbocycles. The molecule has 19 heavy (non-hydrogen) atoms. The summed E-state index contributed by atoms with van der Waals surface area (Å²) in [5.74, 6) is 0.392. The van der Waals surface area contributed by atoms with Gasteiger partial charge in [0.2, 0.25) is 5.95 Å². The van der Waals surface area contributed by atoms with Gasteiger partial charge in [-0.1, -0.05) is 12.1 Å². The lowest BCUT2D eigenvalue weighted by molar-refractivity contribution is 0.809. The van der Waals surface area contributed by atoms with Crippen LogP contribution < -0.4 is 5.73 Å². The van der Waals surface area contributed by atoms with Crippen molar-refractivity contribution in [3.8, 4) is 6.07 Å². The van der Waals surface area contributed by atoms with E-state index in [9.17, 15) is 0 Å². The van der Waals surface area contributed by atoms with E-state index in [0.717, 1.165) is 11.2 Å². The van der Waals surface area contributed by atoms with Gasteiger partial charge in [-0.05, 0) is 24.3 Å². The number of para-hydroxylation sites is 1. The maximum absolute atomic E-state index is 9.07. The van der Waals surface area contributed by atoms with Gasteiger partial charge in [0.15, 0.2) is 0 Å². The molecule has 2 N–H and O–H groups in total. The van der Waals surface area contributed by atoms with Gasteiger partial charge in [0, 0.05) is 6.20 Å². The Morgan fingerprint density at radius 2 is 2.11 bits per heavy atom. The van der Waals surface area contributed by atoms with E-state index in [1.165, 1.54) is 0 Å². The van der Waals surface area contributed by atoms with Crippen LogP contribution in [0.1, 0.15) is 11.3 Å². The van der Waals surface area contributed by atoms with Gasteiger partial charge >= 0.3 is 0 Å². The van der Waals surface area contributed by atoms with Crippen LogP contribution in [0.15, 0.2) is 42.6 Å². The molecule has 0 atom stereocenters. The fraction of sp³-hybridized carbons (Fsp3) is 0.0714. The standard InChI is InChI=1S/C14H11N5/c15-8-10-4-3-6-12-13(10)18-14(16)19(12)9-11-5-1-2-7-17-11/h1-7H,9H2,(H2,16,18). The zero-order valence-electron chi connectivity index (χ0n) is 10.1. The number of nitrogens with two attached hydrogens (primary N) is 1. The van der Waals surface area contributed by atoms with Gasteiger partial charge in [-0.3, -0.25) is 4.98 Å². The summed E-state index contributed by atoms with van der Waals surface area (Å²) < 4.78 is 1.86. The lowest BCUT2D eigenvalue weighted by atomic mass is 10.2. The molecule has 0 saturated carbocycles. The SMILES string of the molecule is N#Cc1cccc2c1nc(N)n2Cc1ccccn1. The minimum absolute atomic E-state index is 0.392. The van der Waals surface area contributed by atoms with Gasteiger partial charge in [0.05, 0.1) is 23.3 Å². The Morgan fingerprint density at radius 3 is 2.84 bits per heavy atom. The Morgan fingerprint density at radius 1 is 1.21 bits per heavy atom. The molecule has 0 aliphatic rings. The van der Waals surface area contributed by atoms with Crippen LogP contribution in [0, 0.1) is 11.3 Å². The fourth-order valence-electron chi connectivity index (χ4n) is 2.07. The highest BCUT2D eigenvalue weighted by atomic mass is 15.2. The predicted molar refractivity (Wildman–Crippen MR) is 72.2 cm³/mol. The van der Waals surface area contributed by atoms with Crippen LogP contribution in [0.3, 0.4) is 0 Å². The van der Waals surface area contributed by atoms with Crippen molar-refractivity contribution >= 4 is 17.0 Å². The van der Waals surface area contributed by atoms with Crippen molar-refractivity contribution in [3.63, 3.8) is 0 Å². The van der Waals surface area contributed by atoms with Gasteiger partial charge in [-0.2, -0.15) is 5.26 Å². The van der Waals surface area contributed by atoms with E-state index in [0.29, 0.717) is 23.6 Å². The smallest absolute Gasteiger partial charge is 0.201 e. The van der Waals surface area contributed by atoms with Gasteiger partial charge in [-0.25, -0.2) is 4.98 Å². The molecule has 0 aliphatic carbocycles. The lowest BCUT2D eigenvalue weighted by Crippen LogP contribution is -2.05. The van der Waals surface area contributed by atoms with Crippen molar-refractivity contribution in [3.05, 3.63) is 53.9 Å². The third-order valence-corrected chi connectivity index (χ3v) is 2.98. The van der Waals surface area contributed by atoms with Crippen molar-refractivity contribution in [1.29, 1.82) is 5.26 Å². The molecule has 2 aromatic heterocycles. The lowest BCUT2D eigenvalue weighted by Gasteiger charge is -2.05. The number of nitrogen functional groups attached to an aromatic ring is 1. The number of nitrogens with zero attached hydrogens (tertiary/aromatic N) is 4. The second-order valence-corrected chi connectivity index (χ2v) is 4.16. The molecule has 92 valence electrons. The molecular formula is C14H11N5.